The molecule has 2 rings (SSSR count). The lowest BCUT2D eigenvalue weighted by molar-refractivity contribution is 0.620. The highest BCUT2D eigenvalue weighted by Gasteiger charge is 2.04. The lowest BCUT2D eigenvalue weighted by Crippen LogP contribution is -2.04. The van der Waals surface area contributed by atoms with E-state index in [1.165, 1.54) is 12.1 Å². The maximum atomic E-state index is 13.1. The van der Waals surface area contributed by atoms with Crippen LogP contribution in [0.3, 0.4) is 0 Å². The summed E-state index contributed by atoms with van der Waals surface area (Å²) in [4.78, 5) is 3.98. The summed E-state index contributed by atoms with van der Waals surface area (Å²) in [5.41, 5.74) is 6.21. The second kappa shape index (κ2) is 4.72. The third-order valence-electron chi connectivity index (χ3n) is 2.26. The average molecular weight is 231 g/mol. The van der Waals surface area contributed by atoms with Crippen molar-refractivity contribution < 1.29 is 4.39 Å². The van der Waals surface area contributed by atoms with Gasteiger partial charge in [0.25, 0.3) is 0 Å². The van der Waals surface area contributed by atoms with E-state index in [2.05, 4.69) is 10.1 Å². The maximum Gasteiger partial charge on any atom is 0.164 e. The van der Waals surface area contributed by atoms with Gasteiger partial charge in [-0.25, -0.2) is 14.1 Å². The molecule has 17 heavy (non-hydrogen) atoms. The van der Waals surface area contributed by atoms with Crippen LogP contribution in [0, 0.1) is 17.1 Å². The highest BCUT2D eigenvalue weighted by atomic mass is 19.1. The number of rotatable bonds is 3. The molecule has 6 heteroatoms. The Morgan fingerprint density at radius 1 is 1.47 bits per heavy atom. The van der Waals surface area contributed by atoms with Crippen molar-refractivity contribution in [2.24, 2.45) is 5.73 Å². The van der Waals surface area contributed by atoms with Gasteiger partial charge in [-0.3, -0.25) is 0 Å². The zero-order valence-corrected chi connectivity index (χ0v) is 8.97. The predicted molar refractivity (Wildman–Crippen MR) is 58.1 cm³/mol. The van der Waals surface area contributed by atoms with E-state index < -0.39 is 5.82 Å². The van der Waals surface area contributed by atoms with E-state index in [0.717, 1.165) is 5.56 Å². The van der Waals surface area contributed by atoms with Gasteiger partial charge in [-0.15, -0.1) is 0 Å². The molecule has 1 aromatic carbocycles. The summed E-state index contributed by atoms with van der Waals surface area (Å²) in [5, 5.41) is 12.8. The standard InChI is InChI=1S/C11H10FN5/c12-10-2-1-8(3-9(10)4-13)6-17-7-15-11(5-14)16-17/h1-3,7H,5-6,14H2. The van der Waals surface area contributed by atoms with Crippen LogP contribution in [0.5, 0.6) is 0 Å². The molecule has 0 radical (unpaired) electrons. The van der Waals surface area contributed by atoms with Crippen molar-refractivity contribution in [2.45, 2.75) is 13.1 Å². The fraction of sp³-hybridized carbons (Fsp3) is 0.182. The van der Waals surface area contributed by atoms with E-state index in [0.29, 0.717) is 12.4 Å². The Balaban J connectivity index is 2.21. The molecule has 0 saturated heterocycles. The highest BCUT2D eigenvalue weighted by molar-refractivity contribution is 5.34. The lowest BCUT2D eigenvalue weighted by atomic mass is 10.1. The van der Waals surface area contributed by atoms with Gasteiger partial charge in [0.1, 0.15) is 18.2 Å². The van der Waals surface area contributed by atoms with Crippen LogP contribution in [-0.4, -0.2) is 14.8 Å². The first kappa shape index (κ1) is 11.2. The maximum absolute atomic E-state index is 13.1. The largest absolute Gasteiger partial charge is 0.324 e. The molecule has 2 N–H and O–H groups in total. The van der Waals surface area contributed by atoms with Gasteiger partial charge in [0.2, 0.25) is 0 Å². The van der Waals surface area contributed by atoms with E-state index >= 15 is 0 Å². The number of nitrogens with zero attached hydrogens (tertiary/aromatic N) is 4. The molecule has 0 amide bonds. The van der Waals surface area contributed by atoms with Crippen molar-refractivity contribution >= 4 is 0 Å². The summed E-state index contributed by atoms with van der Waals surface area (Å²) in [6, 6.07) is 6.18. The van der Waals surface area contributed by atoms with Crippen molar-refractivity contribution in [3.63, 3.8) is 0 Å². The summed E-state index contributed by atoms with van der Waals surface area (Å²) >= 11 is 0. The van der Waals surface area contributed by atoms with E-state index in [-0.39, 0.29) is 12.1 Å². The van der Waals surface area contributed by atoms with Gasteiger partial charge in [0.05, 0.1) is 18.7 Å². The molecule has 1 heterocycles. The molecular formula is C11H10FN5. The van der Waals surface area contributed by atoms with Crippen LogP contribution in [0.4, 0.5) is 4.39 Å². The van der Waals surface area contributed by atoms with E-state index in [1.807, 2.05) is 0 Å². The van der Waals surface area contributed by atoms with Crippen molar-refractivity contribution in [2.75, 3.05) is 0 Å². The second-order valence-electron chi connectivity index (χ2n) is 3.49. The normalized spacial score (nSPS) is 10.2. The highest BCUT2D eigenvalue weighted by Crippen LogP contribution is 2.10. The zero-order chi connectivity index (χ0) is 12.3. The molecule has 2 aromatic rings. The molecular weight excluding hydrogens is 221 g/mol. The van der Waals surface area contributed by atoms with Gasteiger partial charge >= 0.3 is 0 Å². The first-order chi connectivity index (χ1) is 8.22. The molecule has 0 aliphatic heterocycles. The summed E-state index contributed by atoms with van der Waals surface area (Å²) in [7, 11) is 0. The van der Waals surface area contributed by atoms with Gasteiger partial charge in [-0.2, -0.15) is 10.4 Å². The molecule has 86 valence electrons. The Bertz CT molecular complexity index is 569. The van der Waals surface area contributed by atoms with E-state index in [1.54, 1.807) is 23.1 Å². The molecule has 1 aromatic heterocycles. The molecule has 0 aliphatic rings. The van der Waals surface area contributed by atoms with Crippen LogP contribution >= 0.6 is 0 Å². The molecule has 0 atom stereocenters. The molecule has 0 aliphatic carbocycles. The van der Waals surface area contributed by atoms with Crippen LogP contribution in [0.2, 0.25) is 0 Å². The molecule has 0 bridgehead atoms. The summed E-state index contributed by atoms with van der Waals surface area (Å²) < 4.78 is 14.7. The third kappa shape index (κ3) is 2.46. The fourth-order valence-corrected chi connectivity index (χ4v) is 1.45. The number of nitriles is 1. The van der Waals surface area contributed by atoms with Gasteiger partial charge in [0.15, 0.2) is 5.82 Å². The zero-order valence-electron chi connectivity index (χ0n) is 8.97. The molecule has 0 saturated carbocycles. The van der Waals surface area contributed by atoms with Crippen molar-refractivity contribution in [1.29, 1.82) is 5.26 Å². The number of halogens is 1. The number of hydrogen-bond acceptors (Lipinski definition) is 4. The average Bonchev–Trinajstić information content (AvgIpc) is 2.79. The van der Waals surface area contributed by atoms with Gasteiger partial charge < -0.3 is 5.73 Å². The lowest BCUT2D eigenvalue weighted by Gasteiger charge is -2.02. The van der Waals surface area contributed by atoms with E-state index in [9.17, 15) is 4.39 Å². The van der Waals surface area contributed by atoms with Crippen molar-refractivity contribution in [1.82, 2.24) is 14.8 Å². The number of aromatic nitrogens is 3. The third-order valence-corrected chi connectivity index (χ3v) is 2.26. The molecule has 5 nitrogen and oxygen atoms in total. The van der Waals surface area contributed by atoms with Gasteiger partial charge in [-0.05, 0) is 17.7 Å². The smallest absolute Gasteiger partial charge is 0.164 e. The Kier molecular flexibility index (Phi) is 3.12. The quantitative estimate of drug-likeness (QED) is 0.847. The number of hydrogen-bond donors (Lipinski definition) is 1. The van der Waals surface area contributed by atoms with Crippen LogP contribution in [-0.2, 0) is 13.1 Å². The molecule has 0 unspecified atom stereocenters. The summed E-state index contributed by atoms with van der Waals surface area (Å²) in [5.74, 6) is 0.0325. The van der Waals surface area contributed by atoms with Crippen LogP contribution in [0.15, 0.2) is 24.5 Å². The Morgan fingerprint density at radius 3 is 2.94 bits per heavy atom. The van der Waals surface area contributed by atoms with Crippen LogP contribution < -0.4 is 5.73 Å². The van der Waals surface area contributed by atoms with Crippen LogP contribution in [0.1, 0.15) is 17.0 Å². The van der Waals surface area contributed by atoms with Gasteiger partial charge in [-0.1, -0.05) is 6.07 Å². The summed E-state index contributed by atoms with van der Waals surface area (Å²) in [6.45, 7) is 0.710. The Labute approximate surface area is 97.3 Å². The second-order valence-corrected chi connectivity index (χ2v) is 3.49. The van der Waals surface area contributed by atoms with Gasteiger partial charge in [0, 0.05) is 0 Å². The first-order valence-corrected chi connectivity index (χ1v) is 5.00. The monoisotopic (exact) mass is 231 g/mol. The number of nitrogens with two attached hydrogens (primary N) is 1. The minimum Gasteiger partial charge on any atom is -0.324 e. The first-order valence-electron chi connectivity index (χ1n) is 5.00. The topological polar surface area (TPSA) is 80.5 Å². The molecule has 0 fully saturated rings. The summed E-state index contributed by atoms with van der Waals surface area (Å²) in [6.07, 6.45) is 1.55. The molecule has 0 spiro atoms. The predicted octanol–water partition coefficient (Wildman–Crippen LogP) is 0.796. The number of benzene rings is 1. The van der Waals surface area contributed by atoms with Crippen molar-refractivity contribution in [3.8, 4) is 6.07 Å². The van der Waals surface area contributed by atoms with E-state index in [4.69, 9.17) is 11.0 Å². The SMILES string of the molecule is N#Cc1cc(Cn2cnc(CN)n2)ccc1F. The fourth-order valence-electron chi connectivity index (χ4n) is 1.45. The Morgan fingerprint density at radius 2 is 2.29 bits per heavy atom. The Hall–Kier alpha value is -2.26. The minimum atomic E-state index is -0.516. The van der Waals surface area contributed by atoms with Crippen LogP contribution in [0.25, 0.3) is 0 Å². The van der Waals surface area contributed by atoms with Crippen molar-refractivity contribution in [3.05, 3.63) is 47.3 Å². The minimum absolute atomic E-state index is 0.0293.